The number of nitrogens with zero attached hydrogens (tertiary/aromatic N) is 2. The van der Waals surface area contributed by atoms with Crippen LogP contribution in [0.1, 0.15) is 41.5 Å². The smallest absolute Gasteiger partial charge is 0.127 e. The zero-order chi connectivity index (χ0) is 15.2. The van der Waals surface area contributed by atoms with Gasteiger partial charge in [-0.2, -0.15) is 0 Å². The van der Waals surface area contributed by atoms with Crippen LogP contribution in [-0.4, -0.2) is 51.8 Å². The van der Waals surface area contributed by atoms with Crippen LogP contribution in [0.5, 0.6) is 0 Å². The van der Waals surface area contributed by atoms with Crippen LogP contribution in [0, 0.1) is 0 Å². The second-order valence-corrected chi connectivity index (χ2v) is 16.9. The molecule has 0 saturated carbocycles. The molecule has 0 aromatic heterocycles. The van der Waals surface area contributed by atoms with Gasteiger partial charge in [0.05, 0.1) is 0 Å². The normalized spacial score (nSPS) is 19.5. The highest BCUT2D eigenvalue weighted by Gasteiger charge is 2.40. The van der Waals surface area contributed by atoms with Crippen molar-refractivity contribution in [1.29, 1.82) is 0 Å². The van der Waals surface area contributed by atoms with E-state index in [4.69, 9.17) is 0 Å². The fourth-order valence-corrected chi connectivity index (χ4v) is 12.5. The average Bonchev–Trinajstić information content (AvgIpc) is 2.53. The predicted molar refractivity (Wildman–Crippen MR) is 97.5 cm³/mol. The second-order valence-electron chi connectivity index (χ2n) is 6.54. The topological polar surface area (TPSA) is 6.48 Å². The van der Waals surface area contributed by atoms with Crippen molar-refractivity contribution in [2.45, 2.75) is 77.8 Å². The predicted octanol–water partition coefficient (Wildman–Crippen LogP) is 4.61. The van der Waals surface area contributed by atoms with E-state index < -0.39 is 16.5 Å². The molecule has 0 aliphatic carbocycles. The molecule has 120 valence electrons. The standard InChI is InChI=1S/C16H38N2Si2/c1-7-19(8-2,9-3)17-13-15-18(16-14-17)20(10-4,11-5)12-6/h7-16H2,1-6H3. The van der Waals surface area contributed by atoms with Crippen LogP contribution in [0.2, 0.25) is 36.3 Å². The molecule has 2 nitrogen and oxygen atoms in total. The van der Waals surface area contributed by atoms with Gasteiger partial charge in [-0.3, -0.25) is 0 Å². The Bertz CT molecular complexity index is 223. The number of rotatable bonds is 8. The first kappa shape index (κ1) is 18.4. The molecular weight excluding hydrogens is 276 g/mol. The SMILES string of the molecule is CC[Si](CC)(CC)N1CCN([Si](CC)(CC)CC)CC1. The van der Waals surface area contributed by atoms with Crippen molar-refractivity contribution in [3.63, 3.8) is 0 Å². The third-order valence-corrected chi connectivity index (χ3v) is 18.0. The maximum Gasteiger partial charge on any atom is 0.127 e. The molecule has 1 aliphatic heterocycles. The highest BCUT2D eigenvalue weighted by Crippen LogP contribution is 2.30. The van der Waals surface area contributed by atoms with Gasteiger partial charge in [0, 0.05) is 26.2 Å². The molecule has 1 fully saturated rings. The highest BCUT2D eigenvalue weighted by atomic mass is 28.3. The first-order valence-electron chi connectivity index (χ1n) is 9.08. The van der Waals surface area contributed by atoms with Crippen LogP contribution in [0.3, 0.4) is 0 Å². The molecule has 1 saturated heterocycles. The maximum absolute atomic E-state index is 2.95. The van der Waals surface area contributed by atoms with Crippen LogP contribution >= 0.6 is 0 Å². The van der Waals surface area contributed by atoms with Crippen molar-refractivity contribution in [2.24, 2.45) is 0 Å². The minimum atomic E-state index is -1.11. The van der Waals surface area contributed by atoms with E-state index in [0.29, 0.717) is 0 Å². The largest absolute Gasteiger partial charge is 0.321 e. The number of hydrogen-bond donors (Lipinski definition) is 0. The summed E-state index contributed by atoms with van der Waals surface area (Å²) in [4.78, 5) is 0. The minimum absolute atomic E-state index is 1.11. The lowest BCUT2D eigenvalue weighted by molar-refractivity contribution is 0.255. The fourth-order valence-electron chi connectivity index (χ4n) is 4.50. The monoisotopic (exact) mass is 314 g/mol. The van der Waals surface area contributed by atoms with Crippen LogP contribution in [-0.2, 0) is 0 Å². The van der Waals surface area contributed by atoms with E-state index in [1.165, 1.54) is 62.4 Å². The Balaban J connectivity index is 2.72. The van der Waals surface area contributed by atoms with Crippen LogP contribution < -0.4 is 0 Å². The van der Waals surface area contributed by atoms with Gasteiger partial charge >= 0.3 is 0 Å². The summed E-state index contributed by atoms with van der Waals surface area (Å²) in [5.74, 6) is 0. The number of hydrogen-bond acceptors (Lipinski definition) is 2. The van der Waals surface area contributed by atoms with Gasteiger partial charge in [0.2, 0.25) is 0 Å². The summed E-state index contributed by atoms with van der Waals surface area (Å²) in [7, 11) is -2.23. The van der Waals surface area contributed by atoms with E-state index >= 15 is 0 Å². The second kappa shape index (κ2) is 8.11. The molecular formula is C16H38N2Si2. The molecule has 1 heterocycles. The van der Waals surface area contributed by atoms with E-state index in [-0.39, 0.29) is 0 Å². The van der Waals surface area contributed by atoms with Crippen molar-refractivity contribution in [3.05, 3.63) is 0 Å². The Morgan fingerprint density at radius 2 is 0.700 bits per heavy atom. The number of piperazine rings is 1. The van der Waals surface area contributed by atoms with Gasteiger partial charge in [-0.1, -0.05) is 41.5 Å². The summed E-state index contributed by atoms with van der Waals surface area (Å²) in [6.45, 7) is 20.1. The Labute approximate surface area is 130 Å². The average molecular weight is 315 g/mol. The van der Waals surface area contributed by atoms with Gasteiger partial charge in [0.15, 0.2) is 0 Å². The molecule has 1 aliphatic rings. The van der Waals surface area contributed by atoms with E-state index in [1.807, 2.05) is 0 Å². The van der Waals surface area contributed by atoms with Gasteiger partial charge in [-0.25, -0.2) is 0 Å². The van der Waals surface area contributed by atoms with Crippen molar-refractivity contribution in [1.82, 2.24) is 9.13 Å². The Hall–Kier alpha value is 0.354. The molecule has 0 spiro atoms. The fraction of sp³-hybridized carbons (Fsp3) is 1.00. The summed E-state index contributed by atoms with van der Waals surface area (Å²) in [5.41, 5.74) is 0. The molecule has 0 unspecified atom stereocenters. The van der Waals surface area contributed by atoms with E-state index in [2.05, 4.69) is 50.7 Å². The first-order chi connectivity index (χ1) is 9.57. The third-order valence-electron chi connectivity index (χ3n) is 6.57. The first-order valence-corrected chi connectivity index (χ1v) is 14.2. The Kier molecular flexibility index (Phi) is 7.46. The molecule has 20 heavy (non-hydrogen) atoms. The van der Waals surface area contributed by atoms with Crippen LogP contribution in [0.25, 0.3) is 0 Å². The van der Waals surface area contributed by atoms with Crippen LogP contribution in [0.15, 0.2) is 0 Å². The van der Waals surface area contributed by atoms with Crippen molar-refractivity contribution in [3.8, 4) is 0 Å². The highest BCUT2D eigenvalue weighted by molar-refractivity contribution is 6.78. The van der Waals surface area contributed by atoms with E-state index in [0.717, 1.165) is 0 Å². The summed E-state index contributed by atoms with van der Waals surface area (Å²) in [5, 5.41) is 0. The van der Waals surface area contributed by atoms with Gasteiger partial charge < -0.3 is 9.13 Å². The lowest BCUT2D eigenvalue weighted by Crippen LogP contribution is -2.64. The zero-order valence-corrected chi connectivity index (χ0v) is 17.0. The quantitative estimate of drug-likeness (QED) is 0.603. The molecule has 0 bridgehead atoms. The summed E-state index contributed by atoms with van der Waals surface area (Å²) in [6, 6.07) is 8.65. The van der Waals surface area contributed by atoms with E-state index in [1.54, 1.807) is 0 Å². The molecule has 0 atom stereocenters. The molecule has 0 amide bonds. The molecule has 4 heteroatoms. The molecule has 0 radical (unpaired) electrons. The maximum atomic E-state index is 2.95. The van der Waals surface area contributed by atoms with Crippen LogP contribution in [0.4, 0.5) is 0 Å². The van der Waals surface area contributed by atoms with Gasteiger partial charge in [-0.15, -0.1) is 0 Å². The van der Waals surface area contributed by atoms with Crippen molar-refractivity contribution < 1.29 is 0 Å². The third kappa shape index (κ3) is 3.39. The summed E-state index contributed by atoms with van der Waals surface area (Å²) in [6.07, 6.45) is 0. The molecule has 0 aromatic carbocycles. The lowest BCUT2D eigenvalue weighted by Gasteiger charge is -2.50. The van der Waals surface area contributed by atoms with Gasteiger partial charge in [0.25, 0.3) is 0 Å². The lowest BCUT2D eigenvalue weighted by atomic mass is 10.4. The molecule has 0 aromatic rings. The molecule has 1 rings (SSSR count). The van der Waals surface area contributed by atoms with Gasteiger partial charge in [-0.05, 0) is 36.3 Å². The van der Waals surface area contributed by atoms with E-state index in [9.17, 15) is 0 Å². The van der Waals surface area contributed by atoms with Gasteiger partial charge in [0.1, 0.15) is 16.5 Å². The summed E-state index contributed by atoms with van der Waals surface area (Å²) < 4.78 is 5.90. The molecule has 0 N–H and O–H groups in total. The Morgan fingerprint density at radius 3 is 0.850 bits per heavy atom. The zero-order valence-electron chi connectivity index (χ0n) is 15.0. The summed E-state index contributed by atoms with van der Waals surface area (Å²) >= 11 is 0. The minimum Gasteiger partial charge on any atom is -0.321 e. The van der Waals surface area contributed by atoms with Crippen molar-refractivity contribution in [2.75, 3.05) is 26.2 Å². The van der Waals surface area contributed by atoms with Crippen molar-refractivity contribution >= 4 is 16.5 Å². The Morgan fingerprint density at radius 1 is 0.500 bits per heavy atom.